The topological polar surface area (TPSA) is 103 Å². The first-order valence-electron chi connectivity index (χ1n) is 16.0. The molecular formula is C36H47FN4O5. The molecule has 3 aromatic carbocycles. The number of nitrogens with one attached hydrogen (secondary N) is 2. The third-order valence-corrected chi connectivity index (χ3v) is 8.20. The molecule has 10 heteroatoms. The van der Waals surface area contributed by atoms with Crippen molar-refractivity contribution in [2.75, 3.05) is 44.0 Å². The Morgan fingerprint density at radius 2 is 1.76 bits per heavy atom. The van der Waals surface area contributed by atoms with Crippen LogP contribution < -0.4 is 15.4 Å². The van der Waals surface area contributed by atoms with Crippen molar-refractivity contribution in [1.82, 2.24) is 9.80 Å². The molecule has 0 unspecified atom stereocenters. The number of carbonyl (C=O) groups is 2. The molecule has 1 heterocycles. The molecule has 3 aromatic rings. The van der Waals surface area contributed by atoms with Crippen molar-refractivity contribution in [2.24, 2.45) is 5.92 Å². The molecule has 3 amide bonds. The van der Waals surface area contributed by atoms with Gasteiger partial charge in [0.2, 0.25) is 0 Å². The first-order valence-corrected chi connectivity index (χ1v) is 16.0. The second-order valence-electron chi connectivity index (χ2n) is 12.3. The lowest BCUT2D eigenvalue weighted by atomic mass is 10.0. The van der Waals surface area contributed by atoms with E-state index in [1.165, 1.54) is 12.1 Å². The van der Waals surface area contributed by atoms with Crippen molar-refractivity contribution < 1.29 is 28.6 Å². The first-order chi connectivity index (χ1) is 22.1. The molecule has 0 fully saturated rings. The van der Waals surface area contributed by atoms with Gasteiger partial charge in [-0.15, -0.1) is 0 Å². The predicted octanol–water partition coefficient (Wildman–Crippen LogP) is 6.40. The van der Waals surface area contributed by atoms with Crippen molar-refractivity contribution in [3.05, 3.63) is 89.7 Å². The summed E-state index contributed by atoms with van der Waals surface area (Å²) in [6.45, 7) is 7.75. The van der Waals surface area contributed by atoms with Crippen LogP contribution in [0.4, 0.5) is 20.6 Å². The SMILES string of the molecule is C[C@@H]1CN([C@@H](C)CO)C(=O)c2cc(NC(=O)Nc3ccccc3)ccc2O[C@@H](C)CCCCO[C@H]1CN(C)Cc1ccc(F)cc1. The van der Waals surface area contributed by atoms with Crippen LogP contribution in [0.1, 0.15) is 56.0 Å². The van der Waals surface area contributed by atoms with Crippen LogP contribution in [0.3, 0.4) is 0 Å². The van der Waals surface area contributed by atoms with Crippen LogP contribution in [0.5, 0.6) is 5.75 Å². The summed E-state index contributed by atoms with van der Waals surface area (Å²) in [5, 5.41) is 15.8. The van der Waals surface area contributed by atoms with Crippen molar-refractivity contribution in [2.45, 2.75) is 64.8 Å². The molecule has 9 nitrogen and oxygen atoms in total. The van der Waals surface area contributed by atoms with E-state index in [9.17, 15) is 19.1 Å². The van der Waals surface area contributed by atoms with Gasteiger partial charge in [-0.05, 0) is 88.2 Å². The highest BCUT2D eigenvalue weighted by atomic mass is 19.1. The zero-order valence-corrected chi connectivity index (χ0v) is 27.2. The standard InChI is InChI=1S/C36H47FN4O5/c1-25-21-41(26(2)24-42)35(43)32-20-31(39-36(44)38-30-11-6-5-7-12-30)17-18-33(32)46-27(3)10-8-9-19-45-34(25)23-40(4)22-28-13-15-29(37)16-14-28/h5-7,11-18,20,25-27,34,42H,8-10,19,21-24H2,1-4H3,(H2,38,39,44)/t25-,26+,27+,34+/m1/s1. The Morgan fingerprint density at radius 3 is 2.48 bits per heavy atom. The van der Waals surface area contributed by atoms with Gasteiger partial charge < -0.3 is 30.1 Å². The van der Waals surface area contributed by atoms with E-state index in [2.05, 4.69) is 22.5 Å². The van der Waals surface area contributed by atoms with Crippen molar-refractivity contribution >= 4 is 23.3 Å². The number of urea groups is 1. The molecule has 0 saturated heterocycles. The Labute approximate surface area is 271 Å². The molecule has 4 atom stereocenters. The molecule has 248 valence electrons. The van der Waals surface area contributed by atoms with Gasteiger partial charge in [0.1, 0.15) is 11.6 Å². The molecule has 0 saturated carbocycles. The highest BCUT2D eigenvalue weighted by molar-refractivity contribution is 6.02. The lowest BCUT2D eigenvalue weighted by molar-refractivity contribution is -0.0177. The molecule has 1 aliphatic heterocycles. The number of halogens is 1. The Hall–Kier alpha value is -3.99. The molecule has 0 spiro atoms. The minimum Gasteiger partial charge on any atom is -0.490 e. The van der Waals surface area contributed by atoms with E-state index >= 15 is 0 Å². The zero-order valence-electron chi connectivity index (χ0n) is 27.2. The summed E-state index contributed by atoms with van der Waals surface area (Å²) in [7, 11) is 2.00. The molecule has 46 heavy (non-hydrogen) atoms. The molecule has 0 aliphatic carbocycles. The van der Waals surface area contributed by atoms with Crippen molar-refractivity contribution in [3.8, 4) is 5.75 Å². The number of likely N-dealkylation sites (N-methyl/N-ethyl adjacent to an activating group) is 1. The molecule has 3 N–H and O–H groups in total. The number of nitrogens with zero attached hydrogens (tertiary/aromatic N) is 2. The molecule has 0 bridgehead atoms. The molecular weight excluding hydrogens is 587 g/mol. The number of aliphatic hydroxyl groups is 1. The van der Waals surface area contributed by atoms with Crippen molar-refractivity contribution in [1.29, 1.82) is 0 Å². The molecule has 1 aliphatic rings. The fraction of sp³-hybridized carbons (Fsp3) is 0.444. The van der Waals surface area contributed by atoms with E-state index in [1.807, 2.05) is 39.1 Å². The van der Waals surface area contributed by atoms with Gasteiger partial charge in [0, 0.05) is 43.5 Å². The van der Waals surface area contributed by atoms with Crippen molar-refractivity contribution in [3.63, 3.8) is 0 Å². The third-order valence-electron chi connectivity index (χ3n) is 8.20. The summed E-state index contributed by atoms with van der Waals surface area (Å²) in [6.07, 6.45) is 2.18. The third kappa shape index (κ3) is 10.3. The second kappa shape index (κ2) is 17.1. The van der Waals surface area contributed by atoms with E-state index in [1.54, 1.807) is 47.4 Å². The maximum atomic E-state index is 14.3. The van der Waals surface area contributed by atoms with Gasteiger partial charge in [0.15, 0.2) is 0 Å². The number of hydrogen-bond donors (Lipinski definition) is 3. The van der Waals surface area contributed by atoms with Crippen LogP contribution in [0.2, 0.25) is 0 Å². The summed E-state index contributed by atoms with van der Waals surface area (Å²) >= 11 is 0. The van der Waals surface area contributed by atoms with Gasteiger partial charge in [-0.2, -0.15) is 0 Å². The fourth-order valence-electron chi connectivity index (χ4n) is 5.55. The number of anilines is 2. The fourth-order valence-corrected chi connectivity index (χ4v) is 5.55. The van der Waals surface area contributed by atoms with E-state index in [0.29, 0.717) is 48.9 Å². The second-order valence-corrected chi connectivity index (χ2v) is 12.3. The van der Waals surface area contributed by atoms with Gasteiger partial charge in [0.05, 0.1) is 30.4 Å². The first kappa shape index (κ1) is 34.9. The molecule has 4 rings (SSSR count). The zero-order chi connectivity index (χ0) is 33.1. The number of aliphatic hydroxyl groups excluding tert-OH is 1. The summed E-state index contributed by atoms with van der Waals surface area (Å²) in [4.78, 5) is 30.9. The molecule has 0 aromatic heterocycles. The van der Waals surface area contributed by atoms with Crippen LogP contribution in [0.25, 0.3) is 0 Å². The summed E-state index contributed by atoms with van der Waals surface area (Å²) in [5.41, 5.74) is 2.38. The number of benzene rings is 3. The largest absolute Gasteiger partial charge is 0.490 e. The number of ether oxygens (including phenoxy) is 2. The van der Waals surface area contributed by atoms with Crippen LogP contribution in [0, 0.1) is 11.7 Å². The highest BCUT2D eigenvalue weighted by Crippen LogP contribution is 2.29. The van der Waals surface area contributed by atoms with Gasteiger partial charge in [-0.25, -0.2) is 9.18 Å². The van der Waals surface area contributed by atoms with Gasteiger partial charge in [-0.1, -0.05) is 37.3 Å². The average molecular weight is 635 g/mol. The Morgan fingerprint density at radius 1 is 1.04 bits per heavy atom. The summed E-state index contributed by atoms with van der Waals surface area (Å²) < 4.78 is 26.2. The quantitative estimate of drug-likeness (QED) is 0.265. The molecule has 0 radical (unpaired) electrons. The van der Waals surface area contributed by atoms with Crippen LogP contribution >= 0.6 is 0 Å². The van der Waals surface area contributed by atoms with Gasteiger partial charge in [-0.3, -0.25) is 9.69 Å². The number of hydrogen-bond acceptors (Lipinski definition) is 6. The number of carbonyl (C=O) groups excluding carboxylic acids is 2. The predicted molar refractivity (Wildman–Crippen MR) is 179 cm³/mol. The Kier molecular flexibility index (Phi) is 12.9. The van der Waals surface area contributed by atoms with E-state index < -0.39 is 12.1 Å². The number of rotatable bonds is 8. The van der Waals surface area contributed by atoms with Gasteiger partial charge in [0.25, 0.3) is 5.91 Å². The maximum absolute atomic E-state index is 14.3. The highest BCUT2D eigenvalue weighted by Gasteiger charge is 2.30. The van der Waals surface area contributed by atoms with E-state index in [-0.39, 0.29) is 36.5 Å². The lowest BCUT2D eigenvalue weighted by Gasteiger charge is -2.36. The minimum absolute atomic E-state index is 0.0854. The van der Waals surface area contributed by atoms with E-state index in [4.69, 9.17) is 9.47 Å². The summed E-state index contributed by atoms with van der Waals surface area (Å²) in [5.74, 6) is -0.231. The Balaban J connectivity index is 1.58. The average Bonchev–Trinajstić information content (AvgIpc) is 3.04. The Bertz CT molecular complexity index is 1410. The monoisotopic (exact) mass is 634 g/mol. The smallest absolute Gasteiger partial charge is 0.323 e. The van der Waals surface area contributed by atoms with E-state index in [0.717, 1.165) is 24.8 Å². The number of amides is 3. The van der Waals surface area contributed by atoms with Crippen LogP contribution in [0.15, 0.2) is 72.8 Å². The van der Waals surface area contributed by atoms with Gasteiger partial charge >= 0.3 is 6.03 Å². The van der Waals surface area contributed by atoms with Crippen LogP contribution in [-0.4, -0.2) is 78.4 Å². The number of para-hydroxylation sites is 1. The number of fused-ring (bicyclic) bond motifs is 1. The maximum Gasteiger partial charge on any atom is 0.323 e. The van der Waals surface area contributed by atoms with Crippen LogP contribution in [-0.2, 0) is 11.3 Å². The lowest BCUT2D eigenvalue weighted by Crippen LogP contribution is -2.47. The minimum atomic E-state index is -0.483. The normalized spacial score (nSPS) is 20.3. The summed E-state index contributed by atoms with van der Waals surface area (Å²) in [6, 6.07) is 19.7.